The lowest BCUT2D eigenvalue weighted by Crippen LogP contribution is -2.32. The second-order valence-electron chi connectivity index (χ2n) is 5.11. The van der Waals surface area contributed by atoms with Crippen molar-refractivity contribution in [2.75, 3.05) is 46.0 Å². The molecule has 1 aliphatic rings. The normalized spacial score (nSPS) is 22.0. The first kappa shape index (κ1) is 15.9. The Morgan fingerprint density at radius 1 is 1.28 bits per heavy atom. The number of hydrogen-bond donors (Lipinski definition) is 2. The fourth-order valence-corrected chi connectivity index (χ4v) is 2.55. The van der Waals surface area contributed by atoms with E-state index in [9.17, 15) is 0 Å². The van der Waals surface area contributed by atoms with Crippen molar-refractivity contribution in [1.82, 2.24) is 10.2 Å². The maximum atomic E-state index is 8.58. The van der Waals surface area contributed by atoms with Gasteiger partial charge in [-0.1, -0.05) is 6.92 Å². The maximum Gasteiger partial charge on any atom is 0.0697 e. The lowest BCUT2D eigenvalue weighted by Gasteiger charge is -2.19. The van der Waals surface area contributed by atoms with Crippen LogP contribution in [0, 0.1) is 0 Å². The number of ether oxygens (including phenoxy) is 1. The molecular formula is C14H30N2O2. The van der Waals surface area contributed by atoms with Gasteiger partial charge in [-0.25, -0.2) is 0 Å². The summed E-state index contributed by atoms with van der Waals surface area (Å²) in [7, 11) is 0. The molecule has 18 heavy (non-hydrogen) atoms. The Bertz CT molecular complexity index is 191. The standard InChI is InChI=1S/C14H30N2O2/c1-2-8-16-9-3-5-14(6-10-16)15-7-4-12-18-13-11-17/h14-15,17H,2-13H2,1H3. The minimum atomic E-state index is 0.128. The quantitative estimate of drug-likeness (QED) is 0.611. The Hall–Kier alpha value is -0.160. The van der Waals surface area contributed by atoms with Crippen LogP contribution in [0.3, 0.4) is 0 Å². The molecule has 0 aromatic carbocycles. The number of aliphatic hydroxyl groups is 1. The van der Waals surface area contributed by atoms with Crippen molar-refractivity contribution < 1.29 is 9.84 Å². The highest BCUT2D eigenvalue weighted by Gasteiger charge is 2.15. The van der Waals surface area contributed by atoms with E-state index in [4.69, 9.17) is 9.84 Å². The van der Waals surface area contributed by atoms with Crippen LogP contribution < -0.4 is 5.32 Å². The number of nitrogens with one attached hydrogen (secondary N) is 1. The van der Waals surface area contributed by atoms with Crippen LogP contribution in [0.5, 0.6) is 0 Å². The van der Waals surface area contributed by atoms with Crippen LogP contribution in [0.15, 0.2) is 0 Å². The van der Waals surface area contributed by atoms with Crippen molar-refractivity contribution in [3.8, 4) is 0 Å². The van der Waals surface area contributed by atoms with Crippen molar-refractivity contribution in [3.05, 3.63) is 0 Å². The first-order valence-corrected chi connectivity index (χ1v) is 7.51. The predicted octanol–water partition coefficient (Wildman–Crippen LogP) is 1.24. The average Bonchev–Trinajstić information content (AvgIpc) is 2.60. The Kier molecular flexibility index (Phi) is 9.48. The third-order valence-electron chi connectivity index (χ3n) is 3.49. The van der Waals surface area contributed by atoms with Gasteiger partial charge in [-0.15, -0.1) is 0 Å². The summed E-state index contributed by atoms with van der Waals surface area (Å²) in [5.41, 5.74) is 0. The number of aliphatic hydroxyl groups excluding tert-OH is 1. The Balaban J connectivity index is 2.01. The molecule has 1 fully saturated rings. The van der Waals surface area contributed by atoms with Crippen LogP contribution >= 0.6 is 0 Å². The Morgan fingerprint density at radius 2 is 2.17 bits per heavy atom. The van der Waals surface area contributed by atoms with Crippen molar-refractivity contribution in [2.45, 2.75) is 45.1 Å². The summed E-state index contributed by atoms with van der Waals surface area (Å²) in [6.45, 7) is 8.40. The molecule has 1 heterocycles. The number of hydrogen-bond acceptors (Lipinski definition) is 4. The van der Waals surface area contributed by atoms with Gasteiger partial charge in [0.2, 0.25) is 0 Å². The summed E-state index contributed by atoms with van der Waals surface area (Å²) in [4.78, 5) is 2.59. The molecule has 0 saturated carbocycles. The van der Waals surface area contributed by atoms with E-state index < -0.39 is 0 Å². The summed E-state index contributed by atoms with van der Waals surface area (Å²) >= 11 is 0. The van der Waals surface area contributed by atoms with E-state index in [-0.39, 0.29) is 6.61 Å². The topological polar surface area (TPSA) is 44.7 Å². The number of nitrogens with zero attached hydrogens (tertiary/aromatic N) is 1. The van der Waals surface area contributed by atoms with Crippen molar-refractivity contribution >= 4 is 0 Å². The van der Waals surface area contributed by atoms with Crippen molar-refractivity contribution in [3.63, 3.8) is 0 Å². The van der Waals surface area contributed by atoms with Crippen molar-refractivity contribution in [1.29, 1.82) is 0 Å². The third kappa shape index (κ3) is 7.31. The SMILES string of the molecule is CCCN1CCCC(NCCCOCCO)CC1. The molecule has 1 saturated heterocycles. The first-order chi connectivity index (χ1) is 8.86. The van der Waals surface area contributed by atoms with Gasteiger partial charge in [0.25, 0.3) is 0 Å². The zero-order valence-electron chi connectivity index (χ0n) is 11.9. The van der Waals surface area contributed by atoms with E-state index in [1.165, 1.54) is 45.3 Å². The van der Waals surface area contributed by atoms with E-state index in [0.717, 1.165) is 19.6 Å². The van der Waals surface area contributed by atoms with E-state index in [0.29, 0.717) is 12.6 Å². The number of likely N-dealkylation sites (tertiary alicyclic amines) is 1. The second-order valence-corrected chi connectivity index (χ2v) is 5.11. The molecule has 0 bridgehead atoms. The molecule has 1 unspecified atom stereocenters. The monoisotopic (exact) mass is 258 g/mol. The summed E-state index contributed by atoms with van der Waals surface area (Å²) in [6, 6.07) is 0.685. The molecule has 0 radical (unpaired) electrons. The van der Waals surface area contributed by atoms with Crippen LogP contribution in [0.2, 0.25) is 0 Å². The molecule has 1 atom stereocenters. The summed E-state index contributed by atoms with van der Waals surface area (Å²) in [6.07, 6.45) is 6.20. The predicted molar refractivity (Wildman–Crippen MR) is 74.9 cm³/mol. The molecule has 0 amide bonds. The van der Waals surface area contributed by atoms with Crippen LogP contribution in [-0.4, -0.2) is 62.0 Å². The fourth-order valence-electron chi connectivity index (χ4n) is 2.55. The van der Waals surface area contributed by atoms with Crippen molar-refractivity contribution in [2.24, 2.45) is 0 Å². The van der Waals surface area contributed by atoms with Gasteiger partial charge < -0.3 is 20.1 Å². The van der Waals surface area contributed by atoms with Gasteiger partial charge in [-0.2, -0.15) is 0 Å². The van der Waals surface area contributed by atoms with Crippen LogP contribution in [0.25, 0.3) is 0 Å². The van der Waals surface area contributed by atoms with E-state index in [1.54, 1.807) is 0 Å². The molecule has 108 valence electrons. The minimum absolute atomic E-state index is 0.128. The first-order valence-electron chi connectivity index (χ1n) is 7.51. The molecule has 4 nitrogen and oxygen atoms in total. The van der Waals surface area contributed by atoms with Crippen LogP contribution in [0.4, 0.5) is 0 Å². The maximum absolute atomic E-state index is 8.58. The fraction of sp³-hybridized carbons (Fsp3) is 1.00. The lowest BCUT2D eigenvalue weighted by atomic mass is 10.1. The molecule has 4 heteroatoms. The molecule has 0 aromatic heterocycles. The largest absolute Gasteiger partial charge is 0.394 e. The van der Waals surface area contributed by atoms with E-state index in [1.807, 2.05) is 0 Å². The molecular weight excluding hydrogens is 228 g/mol. The van der Waals surface area contributed by atoms with E-state index in [2.05, 4.69) is 17.1 Å². The molecule has 0 spiro atoms. The number of rotatable bonds is 9. The van der Waals surface area contributed by atoms with Gasteiger partial charge in [0, 0.05) is 12.6 Å². The zero-order valence-corrected chi connectivity index (χ0v) is 11.9. The van der Waals surface area contributed by atoms with Gasteiger partial charge in [0.05, 0.1) is 13.2 Å². The highest BCUT2D eigenvalue weighted by Crippen LogP contribution is 2.11. The van der Waals surface area contributed by atoms with E-state index >= 15 is 0 Å². The van der Waals surface area contributed by atoms with Gasteiger partial charge in [0.15, 0.2) is 0 Å². The summed E-state index contributed by atoms with van der Waals surface area (Å²) in [5, 5.41) is 12.2. The van der Waals surface area contributed by atoms with Gasteiger partial charge in [-0.05, 0) is 58.3 Å². The van der Waals surface area contributed by atoms with Gasteiger partial charge in [-0.3, -0.25) is 0 Å². The summed E-state index contributed by atoms with van der Waals surface area (Å²) in [5.74, 6) is 0. The average molecular weight is 258 g/mol. The van der Waals surface area contributed by atoms with Crippen LogP contribution in [-0.2, 0) is 4.74 Å². The highest BCUT2D eigenvalue weighted by atomic mass is 16.5. The van der Waals surface area contributed by atoms with Gasteiger partial charge in [0.1, 0.15) is 0 Å². The Labute approximate surface area is 112 Å². The molecule has 1 rings (SSSR count). The van der Waals surface area contributed by atoms with Crippen LogP contribution in [0.1, 0.15) is 39.0 Å². The van der Waals surface area contributed by atoms with Gasteiger partial charge >= 0.3 is 0 Å². The molecule has 0 aliphatic carbocycles. The molecule has 2 N–H and O–H groups in total. The zero-order chi connectivity index (χ0) is 13.1. The summed E-state index contributed by atoms with van der Waals surface area (Å²) < 4.78 is 5.25. The molecule has 1 aliphatic heterocycles. The third-order valence-corrected chi connectivity index (χ3v) is 3.49. The highest BCUT2D eigenvalue weighted by molar-refractivity contribution is 4.74. The molecule has 0 aromatic rings. The lowest BCUT2D eigenvalue weighted by molar-refractivity contribution is 0.0903. The Morgan fingerprint density at radius 3 is 2.94 bits per heavy atom. The smallest absolute Gasteiger partial charge is 0.0697 e. The minimum Gasteiger partial charge on any atom is -0.394 e. The second kappa shape index (κ2) is 10.7.